The molecule has 6 nitrogen and oxygen atoms in total. The molecule has 1 heterocycles. The van der Waals surface area contributed by atoms with E-state index in [1.807, 2.05) is 26.0 Å². The fourth-order valence-electron chi connectivity index (χ4n) is 2.60. The molecule has 3 aromatic rings. The van der Waals surface area contributed by atoms with Crippen molar-refractivity contribution in [3.63, 3.8) is 0 Å². The molecule has 0 aliphatic carbocycles. The summed E-state index contributed by atoms with van der Waals surface area (Å²) >= 11 is 5.95. The summed E-state index contributed by atoms with van der Waals surface area (Å²) in [5.74, 6) is 0.387. The lowest BCUT2D eigenvalue weighted by Gasteiger charge is -2.07. The Morgan fingerprint density at radius 2 is 2.00 bits per heavy atom. The first-order valence-electron chi connectivity index (χ1n) is 7.99. The maximum Gasteiger partial charge on any atom is 0.322 e. The van der Waals surface area contributed by atoms with Crippen LogP contribution in [0.2, 0.25) is 5.02 Å². The summed E-state index contributed by atoms with van der Waals surface area (Å²) in [6.07, 6.45) is 0.496. The van der Waals surface area contributed by atoms with E-state index in [0.717, 1.165) is 11.1 Å². The number of aromatic nitrogens is 2. The summed E-state index contributed by atoms with van der Waals surface area (Å²) in [6.45, 7) is 4.08. The quantitative estimate of drug-likeness (QED) is 0.727. The number of aryl methyl sites for hydroxylation is 2. The number of benzene rings is 2. The minimum absolute atomic E-state index is 0.0248. The largest absolute Gasteiger partial charge is 0.496 e. The van der Waals surface area contributed by atoms with Crippen LogP contribution < -0.4 is 10.1 Å². The van der Waals surface area contributed by atoms with Gasteiger partial charge < -0.3 is 9.15 Å². The van der Waals surface area contributed by atoms with Gasteiger partial charge in [0.2, 0.25) is 5.89 Å². The third kappa shape index (κ3) is 4.03. The predicted octanol–water partition coefficient (Wildman–Crippen LogP) is 4.19. The van der Waals surface area contributed by atoms with Crippen molar-refractivity contribution in [3.8, 4) is 5.75 Å². The number of amides is 1. The van der Waals surface area contributed by atoms with Crippen molar-refractivity contribution in [1.82, 2.24) is 10.2 Å². The standard InChI is InChI=1S/C19H18ClN3O3/c1-11-4-5-13(12(2)8-11)9-17-22-23-19(26-17)21-18(24)15-10-14(20)6-7-16(15)25-3/h4-8,10H,9H2,1-3H3,(H,21,23,24). The molecule has 0 aliphatic heterocycles. The predicted molar refractivity (Wildman–Crippen MR) is 99.0 cm³/mol. The van der Waals surface area contributed by atoms with Gasteiger partial charge in [-0.3, -0.25) is 10.1 Å². The Bertz CT molecular complexity index is 953. The van der Waals surface area contributed by atoms with Crippen LogP contribution >= 0.6 is 11.6 Å². The first-order chi connectivity index (χ1) is 12.5. The molecule has 0 fully saturated rings. The molecule has 0 bridgehead atoms. The van der Waals surface area contributed by atoms with Crippen molar-refractivity contribution < 1.29 is 13.9 Å². The van der Waals surface area contributed by atoms with Crippen LogP contribution in [-0.2, 0) is 6.42 Å². The lowest BCUT2D eigenvalue weighted by atomic mass is 10.0. The van der Waals surface area contributed by atoms with Gasteiger partial charge in [-0.2, -0.15) is 0 Å². The van der Waals surface area contributed by atoms with E-state index in [-0.39, 0.29) is 11.6 Å². The van der Waals surface area contributed by atoms with E-state index in [4.69, 9.17) is 20.8 Å². The summed E-state index contributed by atoms with van der Waals surface area (Å²) < 4.78 is 10.7. The zero-order valence-corrected chi connectivity index (χ0v) is 15.4. The van der Waals surface area contributed by atoms with Crippen molar-refractivity contribution in [3.05, 3.63) is 69.6 Å². The van der Waals surface area contributed by atoms with Crippen LogP contribution in [0.5, 0.6) is 5.75 Å². The SMILES string of the molecule is COc1ccc(Cl)cc1C(=O)Nc1nnc(Cc2ccc(C)cc2C)o1. The van der Waals surface area contributed by atoms with E-state index in [1.54, 1.807) is 12.1 Å². The highest BCUT2D eigenvalue weighted by Gasteiger charge is 2.16. The smallest absolute Gasteiger partial charge is 0.322 e. The van der Waals surface area contributed by atoms with Gasteiger partial charge in [0.15, 0.2) is 0 Å². The van der Waals surface area contributed by atoms with Gasteiger partial charge in [-0.25, -0.2) is 0 Å². The van der Waals surface area contributed by atoms with Crippen LogP contribution in [0.3, 0.4) is 0 Å². The first kappa shape index (κ1) is 17.9. The molecule has 7 heteroatoms. The Morgan fingerprint density at radius 1 is 1.19 bits per heavy atom. The van der Waals surface area contributed by atoms with Crippen LogP contribution in [0.25, 0.3) is 0 Å². The summed E-state index contributed by atoms with van der Waals surface area (Å²) in [5.41, 5.74) is 3.72. The zero-order valence-electron chi connectivity index (χ0n) is 14.7. The molecule has 0 atom stereocenters. The molecule has 0 saturated carbocycles. The van der Waals surface area contributed by atoms with Crippen molar-refractivity contribution in [1.29, 1.82) is 0 Å². The Morgan fingerprint density at radius 3 is 2.73 bits per heavy atom. The zero-order chi connectivity index (χ0) is 18.7. The molecule has 0 unspecified atom stereocenters. The van der Waals surface area contributed by atoms with Gasteiger partial charge >= 0.3 is 6.01 Å². The highest BCUT2D eigenvalue weighted by molar-refractivity contribution is 6.31. The molecule has 3 rings (SSSR count). The highest BCUT2D eigenvalue weighted by Crippen LogP contribution is 2.24. The fourth-order valence-corrected chi connectivity index (χ4v) is 2.78. The van der Waals surface area contributed by atoms with Gasteiger partial charge in [0.1, 0.15) is 5.75 Å². The number of hydrogen-bond donors (Lipinski definition) is 1. The minimum atomic E-state index is -0.439. The van der Waals surface area contributed by atoms with Crippen LogP contribution in [0.4, 0.5) is 6.01 Å². The number of halogens is 1. The maximum atomic E-state index is 12.4. The van der Waals surface area contributed by atoms with Crippen molar-refractivity contribution in [2.24, 2.45) is 0 Å². The van der Waals surface area contributed by atoms with Gasteiger partial charge in [0.25, 0.3) is 5.91 Å². The van der Waals surface area contributed by atoms with Gasteiger partial charge in [-0.05, 0) is 43.2 Å². The van der Waals surface area contributed by atoms with E-state index >= 15 is 0 Å². The lowest BCUT2D eigenvalue weighted by Crippen LogP contribution is -2.13. The molecule has 1 amide bonds. The van der Waals surface area contributed by atoms with Crippen molar-refractivity contribution in [2.45, 2.75) is 20.3 Å². The number of anilines is 1. The monoisotopic (exact) mass is 371 g/mol. The average molecular weight is 372 g/mol. The van der Waals surface area contributed by atoms with E-state index in [9.17, 15) is 4.79 Å². The fraction of sp³-hybridized carbons (Fsp3) is 0.211. The summed E-state index contributed by atoms with van der Waals surface area (Å²) in [7, 11) is 1.48. The topological polar surface area (TPSA) is 77.2 Å². The molecule has 1 aromatic heterocycles. The Labute approximate surface area is 156 Å². The third-order valence-corrected chi connectivity index (χ3v) is 4.17. The molecule has 0 spiro atoms. The van der Waals surface area contributed by atoms with Crippen LogP contribution in [0.1, 0.15) is 32.9 Å². The van der Waals surface area contributed by atoms with Crippen LogP contribution in [0, 0.1) is 13.8 Å². The second-order valence-electron chi connectivity index (χ2n) is 5.91. The number of hydrogen-bond acceptors (Lipinski definition) is 5. The summed E-state index contributed by atoms with van der Waals surface area (Å²) in [6, 6.07) is 11.0. The van der Waals surface area contributed by atoms with E-state index in [0.29, 0.717) is 23.1 Å². The Hall–Kier alpha value is -2.86. The van der Waals surface area contributed by atoms with Gasteiger partial charge in [0.05, 0.1) is 19.1 Å². The number of carbonyl (C=O) groups is 1. The first-order valence-corrected chi connectivity index (χ1v) is 8.37. The van der Waals surface area contributed by atoms with Gasteiger partial charge in [-0.15, -0.1) is 5.10 Å². The van der Waals surface area contributed by atoms with Gasteiger partial charge in [-0.1, -0.05) is 40.5 Å². The Kier molecular flexibility index (Phi) is 5.23. The number of carbonyl (C=O) groups excluding carboxylic acids is 1. The molecule has 134 valence electrons. The van der Waals surface area contributed by atoms with E-state index < -0.39 is 5.91 Å². The lowest BCUT2D eigenvalue weighted by molar-refractivity contribution is 0.102. The number of methoxy groups -OCH3 is 1. The molecular weight excluding hydrogens is 354 g/mol. The van der Waals surface area contributed by atoms with E-state index in [1.165, 1.54) is 18.7 Å². The van der Waals surface area contributed by atoms with Crippen molar-refractivity contribution >= 4 is 23.5 Å². The molecule has 2 aromatic carbocycles. The second-order valence-corrected chi connectivity index (χ2v) is 6.34. The third-order valence-electron chi connectivity index (χ3n) is 3.93. The molecule has 0 radical (unpaired) electrons. The number of rotatable bonds is 5. The van der Waals surface area contributed by atoms with Crippen molar-refractivity contribution in [2.75, 3.05) is 12.4 Å². The summed E-state index contributed by atoms with van der Waals surface area (Å²) in [5, 5.41) is 10.9. The molecule has 0 aliphatic rings. The number of nitrogens with zero attached hydrogens (tertiary/aromatic N) is 2. The van der Waals surface area contributed by atoms with Crippen LogP contribution in [-0.4, -0.2) is 23.2 Å². The van der Waals surface area contributed by atoms with Gasteiger partial charge in [0, 0.05) is 5.02 Å². The van der Waals surface area contributed by atoms with Crippen LogP contribution in [0.15, 0.2) is 40.8 Å². The summed E-state index contributed by atoms with van der Waals surface area (Å²) in [4.78, 5) is 12.4. The minimum Gasteiger partial charge on any atom is -0.496 e. The molecule has 26 heavy (non-hydrogen) atoms. The number of nitrogens with one attached hydrogen (secondary N) is 1. The second kappa shape index (κ2) is 7.58. The highest BCUT2D eigenvalue weighted by atomic mass is 35.5. The normalized spacial score (nSPS) is 10.6. The molecule has 1 N–H and O–H groups in total. The Balaban J connectivity index is 1.74. The maximum absolute atomic E-state index is 12.4. The number of ether oxygens (including phenoxy) is 1. The molecular formula is C19H18ClN3O3. The average Bonchev–Trinajstić information content (AvgIpc) is 3.04. The van der Waals surface area contributed by atoms with E-state index in [2.05, 4.69) is 21.6 Å². The molecule has 0 saturated heterocycles.